The Morgan fingerprint density at radius 3 is 2.05 bits per heavy atom. The fourth-order valence-electron chi connectivity index (χ4n) is 3.29. The summed E-state index contributed by atoms with van der Waals surface area (Å²) in [7, 11) is 0. The van der Waals surface area contributed by atoms with Gasteiger partial charge in [-0.1, -0.05) is 39.2 Å². The Bertz CT molecular complexity index is 252. The van der Waals surface area contributed by atoms with Crippen molar-refractivity contribution in [3.05, 3.63) is 12.7 Å². The molecule has 0 aromatic carbocycles. The van der Waals surface area contributed by atoms with Crippen LogP contribution in [0.4, 0.5) is 0 Å². The molecule has 1 rings (SSSR count). The number of epoxide rings is 1. The molecule has 0 aromatic heterocycles. The maximum absolute atomic E-state index is 5.56. The van der Waals surface area contributed by atoms with Crippen molar-refractivity contribution >= 4 is 0 Å². The highest BCUT2D eigenvalue weighted by Gasteiger charge is 2.35. The Morgan fingerprint density at radius 1 is 0.952 bits per heavy atom. The van der Waals surface area contributed by atoms with Crippen LogP contribution in [0.15, 0.2) is 12.7 Å². The SMILES string of the molecule is C=CCCCCCC[N+](CCCC)(CCCC)CC1CO1. The van der Waals surface area contributed by atoms with Crippen LogP contribution < -0.4 is 0 Å². The normalized spacial score (nSPS) is 17.9. The van der Waals surface area contributed by atoms with Gasteiger partial charge in [0, 0.05) is 0 Å². The third-order valence-electron chi connectivity index (χ3n) is 4.76. The minimum absolute atomic E-state index is 0.569. The van der Waals surface area contributed by atoms with Gasteiger partial charge in [-0.15, -0.1) is 6.58 Å². The highest BCUT2D eigenvalue weighted by molar-refractivity contribution is 4.69. The standard InChI is InChI=1S/C19H38NO/c1-4-7-10-11-12-13-16-20(14-8-5-2,15-9-6-3)17-19-18-21-19/h4,19H,1,5-18H2,2-3H3/q+1. The summed E-state index contributed by atoms with van der Waals surface area (Å²) in [6, 6.07) is 0. The number of unbranched alkanes of at least 4 members (excludes halogenated alkanes) is 6. The largest absolute Gasteiger partial charge is 0.367 e. The molecule has 0 aliphatic carbocycles. The summed E-state index contributed by atoms with van der Waals surface area (Å²) in [4.78, 5) is 0. The zero-order valence-corrected chi connectivity index (χ0v) is 14.6. The summed E-state index contributed by atoms with van der Waals surface area (Å²) in [5.41, 5.74) is 0. The summed E-state index contributed by atoms with van der Waals surface area (Å²) in [6.07, 6.45) is 14.6. The lowest BCUT2D eigenvalue weighted by Gasteiger charge is -2.39. The van der Waals surface area contributed by atoms with Crippen molar-refractivity contribution in [3.8, 4) is 0 Å². The molecule has 2 heteroatoms. The van der Waals surface area contributed by atoms with Gasteiger partial charge in [-0.25, -0.2) is 0 Å². The van der Waals surface area contributed by atoms with Crippen LogP contribution in [0.3, 0.4) is 0 Å². The number of quaternary nitrogens is 1. The van der Waals surface area contributed by atoms with Gasteiger partial charge in [-0.2, -0.15) is 0 Å². The van der Waals surface area contributed by atoms with Crippen molar-refractivity contribution in [1.29, 1.82) is 0 Å². The molecule has 1 heterocycles. The smallest absolute Gasteiger partial charge is 0.130 e. The van der Waals surface area contributed by atoms with E-state index in [1.165, 1.54) is 88.4 Å². The summed E-state index contributed by atoms with van der Waals surface area (Å²) in [6.45, 7) is 14.8. The van der Waals surface area contributed by atoms with Crippen molar-refractivity contribution in [1.82, 2.24) is 0 Å². The molecule has 0 amide bonds. The van der Waals surface area contributed by atoms with E-state index in [-0.39, 0.29) is 0 Å². The van der Waals surface area contributed by atoms with Gasteiger partial charge < -0.3 is 9.22 Å². The number of nitrogens with zero attached hydrogens (tertiary/aromatic N) is 1. The lowest BCUT2D eigenvalue weighted by molar-refractivity contribution is -0.929. The van der Waals surface area contributed by atoms with E-state index in [2.05, 4.69) is 20.4 Å². The van der Waals surface area contributed by atoms with Crippen LogP contribution >= 0.6 is 0 Å². The van der Waals surface area contributed by atoms with Crippen molar-refractivity contribution in [2.75, 3.05) is 32.8 Å². The fraction of sp³-hybridized carbons (Fsp3) is 0.895. The van der Waals surface area contributed by atoms with E-state index in [1.54, 1.807) is 0 Å². The molecule has 1 saturated heterocycles. The van der Waals surface area contributed by atoms with Crippen LogP contribution in [0.2, 0.25) is 0 Å². The second-order valence-corrected chi connectivity index (χ2v) is 6.85. The first-order valence-electron chi connectivity index (χ1n) is 9.34. The number of rotatable bonds is 15. The molecule has 0 radical (unpaired) electrons. The van der Waals surface area contributed by atoms with Crippen LogP contribution in [-0.4, -0.2) is 43.4 Å². The zero-order valence-electron chi connectivity index (χ0n) is 14.6. The third-order valence-corrected chi connectivity index (χ3v) is 4.76. The number of ether oxygens (including phenoxy) is 1. The maximum Gasteiger partial charge on any atom is 0.130 e. The Morgan fingerprint density at radius 2 is 1.52 bits per heavy atom. The van der Waals surface area contributed by atoms with E-state index in [9.17, 15) is 0 Å². The van der Waals surface area contributed by atoms with Gasteiger partial charge in [-0.3, -0.25) is 0 Å². The molecule has 0 spiro atoms. The van der Waals surface area contributed by atoms with Crippen molar-refractivity contribution in [2.24, 2.45) is 0 Å². The molecule has 124 valence electrons. The zero-order chi connectivity index (χ0) is 15.4. The Kier molecular flexibility index (Phi) is 10.0. The van der Waals surface area contributed by atoms with Crippen LogP contribution in [0, 0.1) is 0 Å². The van der Waals surface area contributed by atoms with Crippen LogP contribution in [-0.2, 0) is 4.74 Å². The maximum atomic E-state index is 5.56. The summed E-state index contributed by atoms with van der Waals surface area (Å²) in [5.74, 6) is 0. The Balaban J connectivity index is 2.40. The first-order valence-corrected chi connectivity index (χ1v) is 9.34. The lowest BCUT2D eigenvalue weighted by Crippen LogP contribution is -2.52. The molecule has 1 unspecified atom stereocenters. The predicted molar refractivity (Wildman–Crippen MR) is 92.6 cm³/mol. The minimum atomic E-state index is 0.569. The summed E-state index contributed by atoms with van der Waals surface area (Å²) < 4.78 is 6.88. The second-order valence-electron chi connectivity index (χ2n) is 6.85. The first-order chi connectivity index (χ1) is 10.3. The average Bonchev–Trinajstić information content (AvgIpc) is 3.30. The van der Waals surface area contributed by atoms with E-state index in [0.29, 0.717) is 6.10 Å². The van der Waals surface area contributed by atoms with Gasteiger partial charge in [-0.05, 0) is 38.5 Å². The van der Waals surface area contributed by atoms with E-state index < -0.39 is 0 Å². The summed E-state index contributed by atoms with van der Waals surface area (Å²) >= 11 is 0. The molecule has 0 aromatic rings. The fourth-order valence-corrected chi connectivity index (χ4v) is 3.29. The summed E-state index contributed by atoms with van der Waals surface area (Å²) in [5, 5.41) is 0. The Hall–Kier alpha value is -0.340. The van der Waals surface area contributed by atoms with Gasteiger partial charge in [0.05, 0.1) is 26.2 Å². The monoisotopic (exact) mass is 296 g/mol. The third kappa shape index (κ3) is 8.63. The second kappa shape index (κ2) is 11.3. The van der Waals surface area contributed by atoms with E-state index >= 15 is 0 Å². The van der Waals surface area contributed by atoms with Gasteiger partial charge in [0.1, 0.15) is 12.6 Å². The van der Waals surface area contributed by atoms with Crippen molar-refractivity contribution in [2.45, 2.75) is 77.7 Å². The number of allylic oxidation sites excluding steroid dienone is 1. The van der Waals surface area contributed by atoms with E-state index in [4.69, 9.17) is 4.74 Å². The molecule has 0 saturated carbocycles. The Labute approximate surface area is 133 Å². The number of hydrogen-bond donors (Lipinski definition) is 0. The van der Waals surface area contributed by atoms with Crippen LogP contribution in [0.25, 0.3) is 0 Å². The predicted octanol–water partition coefficient (Wildman–Crippen LogP) is 4.94. The molecular weight excluding hydrogens is 258 g/mol. The first kappa shape index (κ1) is 18.7. The molecule has 21 heavy (non-hydrogen) atoms. The number of hydrogen-bond acceptors (Lipinski definition) is 1. The molecular formula is C19H38NO+. The highest BCUT2D eigenvalue weighted by atomic mass is 16.6. The minimum Gasteiger partial charge on any atom is -0.367 e. The van der Waals surface area contributed by atoms with E-state index in [1.807, 2.05) is 6.08 Å². The molecule has 1 fully saturated rings. The molecule has 1 aliphatic rings. The van der Waals surface area contributed by atoms with Gasteiger partial charge in [0.25, 0.3) is 0 Å². The van der Waals surface area contributed by atoms with Crippen LogP contribution in [0.1, 0.15) is 71.6 Å². The highest BCUT2D eigenvalue weighted by Crippen LogP contribution is 2.22. The van der Waals surface area contributed by atoms with Gasteiger partial charge in [0.15, 0.2) is 0 Å². The molecule has 0 bridgehead atoms. The van der Waals surface area contributed by atoms with E-state index in [0.717, 1.165) is 6.61 Å². The topological polar surface area (TPSA) is 12.5 Å². The molecule has 2 nitrogen and oxygen atoms in total. The molecule has 0 N–H and O–H groups in total. The molecule has 1 atom stereocenters. The van der Waals surface area contributed by atoms with Gasteiger partial charge >= 0.3 is 0 Å². The van der Waals surface area contributed by atoms with Crippen molar-refractivity contribution in [3.63, 3.8) is 0 Å². The quantitative estimate of drug-likeness (QED) is 0.180. The van der Waals surface area contributed by atoms with Gasteiger partial charge in [0.2, 0.25) is 0 Å². The lowest BCUT2D eigenvalue weighted by atomic mass is 10.1. The van der Waals surface area contributed by atoms with Crippen molar-refractivity contribution < 1.29 is 9.22 Å². The molecule has 1 aliphatic heterocycles. The average molecular weight is 297 g/mol. The van der Waals surface area contributed by atoms with Crippen LogP contribution in [0.5, 0.6) is 0 Å².